The Balaban J connectivity index is 1.30. The maximum atomic E-state index is 13.7. The lowest BCUT2D eigenvalue weighted by molar-refractivity contribution is -0.119. The molecule has 0 spiro atoms. The molecular formula is C30H25N3O3. The zero-order chi connectivity index (χ0) is 24.8. The van der Waals surface area contributed by atoms with E-state index in [-0.39, 0.29) is 24.5 Å². The lowest BCUT2D eigenvalue weighted by Gasteiger charge is -2.40. The van der Waals surface area contributed by atoms with Crippen LogP contribution in [0.25, 0.3) is 10.8 Å². The molecule has 2 atom stereocenters. The molecule has 0 saturated heterocycles. The summed E-state index contributed by atoms with van der Waals surface area (Å²) in [5.74, 6) is -1.14. The van der Waals surface area contributed by atoms with Gasteiger partial charge in [0, 0.05) is 33.9 Å². The number of benzene rings is 4. The summed E-state index contributed by atoms with van der Waals surface area (Å²) >= 11 is 0. The fourth-order valence-corrected chi connectivity index (χ4v) is 5.50. The Morgan fingerprint density at radius 2 is 1.47 bits per heavy atom. The molecule has 0 unspecified atom stereocenters. The molecule has 3 amide bonds. The molecule has 36 heavy (non-hydrogen) atoms. The minimum absolute atomic E-state index is 0.0328. The van der Waals surface area contributed by atoms with Crippen LogP contribution in [0.5, 0.6) is 0 Å². The highest BCUT2D eigenvalue weighted by Gasteiger charge is 2.38. The second-order valence-electron chi connectivity index (χ2n) is 9.38. The molecule has 2 aliphatic rings. The number of carbonyl (C=O) groups is 3. The number of amides is 3. The minimum atomic E-state index is -0.431. The van der Waals surface area contributed by atoms with Gasteiger partial charge in [0.2, 0.25) is 5.91 Å². The second-order valence-corrected chi connectivity index (χ2v) is 9.38. The van der Waals surface area contributed by atoms with Gasteiger partial charge in [-0.05, 0) is 54.6 Å². The SMILES string of the molecule is C[C@H]1C[C@@H](Nc2ccccc2)c2ccccc2N1C(=O)CN1C(=O)c2cccc3cccc(c23)C1=O. The Morgan fingerprint density at radius 3 is 2.17 bits per heavy atom. The predicted octanol–water partition coefficient (Wildman–Crippen LogP) is 5.41. The Labute approximate surface area is 209 Å². The van der Waals surface area contributed by atoms with E-state index in [4.69, 9.17) is 0 Å². The summed E-state index contributed by atoms with van der Waals surface area (Å²) in [7, 11) is 0. The van der Waals surface area contributed by atoms with E-state index in [1.54, 1.807) is 29.2 Å². The smallest absolute Gasteiger partial charge is 0.261 e. The van der Waals surface area contributed by atoms with Gasteiger partial charge in [0.15, 0.2) is 0 Å². The number of carbonyl (C=O) groups excluding carboxylic acids is 3. The standard InChI is InChI=1S/C30H25N3O3/c1-19-17-25(31-21-11-3-2-4-12-21)22-13-5-6-16-26(22)33(19)27(34)18-32-29(35)23-14-7-9-20-10-8-15-24(28(20)23)30(32)36/h2-16,19,25,31H,17-18H2,1H3/t19-,25+/m0/s1. The number of nitrogens with zero attached hydrogens (tertiary/aromatic N) is 2. The van der Waals surface area contributed by atoms with Crippen LogP contribution in [0.2, 0.25) is 0 Å². The van der Waals surface area contributed by atoms with E-state index in [1.165, 1.54) is 0 Å². The fraction of sp³-hybridized carbons (Fsp3) is 0.167. The Hall–Kier alpha value is -4.45. The summed E-state index contributed by atoms with van der Waals surface area (Å²) in [5, 5.41) is 5.09. The highest BCUT2D eigenvalue weighted by atomic mass is 16.2. The predicted molar refractivity (Wildman–Crippen MR) is 140 cm³/mol. The molecule has 0 radical (unpaired) electrons. The van der Waals surface area contributed by atoms with Gasteiger partial charge < -0.3 is 10.2 Å². The summed E-state index contributed by atoms with van der Waals surface area (Å²) < 4.78 is 0. The van der Waals surface area contributed by atoms with Crippen molar-refractivity contribution in [1.29, 1.82) is 0 Å². The topological polar surface area (TPSA) is 69.7 Å². The quantitative estimate of drug-likeness (QED) is 0.401. The normalized spacial score (nSPS) is 18.8. The summed E-state index contributed by atoms with van der Waals surface area (Å²) in [6.07, 6.45) is 0.696. The largest absolute Gasteiger partial charge is 0.378 e. The number of anilines is 2. The van der Waals surface area contributed by atoms with E-state index < -0.39 is 11.8 Å². The van der Waals surface area contributed by atoms with Gasteiger partial charge in [0.1, 0.15) is 6.54 Å². The maximum Gasteiger partial charge on any atom is 0.261 e. The van der Waals surface area contributed by atoms with Gasteiger partial charge >= 0.3 is 0 Å². The van der Waals surface area contributed by atoms with Crippen LogP contribution in [0.3, 0.4) is 0 Å². The van der Waals surface area contributed by atoms with Crippen molar-refractivity contribution in [1.82, 2.24) is 4.90 Å². The first-order valence-corrected chi connectivity index (χ1v) is 12.1. The summed E-state index contributed by atoms with van der Waals surface area (Å²) in [5.41, 5.74) is 3.74. The van der Waals surface area contributed by atoms with Crippen LogP contribution < -0.4 is 10.2 Å². The Kier molecular flexibility index (Phi) is 5.29. The number of rotatable bonds is 4. The van der Waals surface area contributed by atoms with E-state index in [0.717, 1.165) is 27.2 Å². The zero-order valence-corrected chi connectivity index (χ0v) is 19.8. The lowest BCUT2D eigenvalue weighted by Crippen LogP contribution is -2.51. The molecule has 0 aromatic heterocycles. The molecule has 1 N–H and O–H groups in total. The third-order valence-corrected chi connectivity index (χ3v) is 7.12. The maximum absolute atomic E-state index is 13.7. The summed E-state index contributed by atoms with van der Waals surface area (Å²) in [4.78, 5) is 43.2. The van der Waals surface area contributed by atoms with Gasteiger partial charge in [-0.3, -0.25) is 19.3 Å². The molecule has 6 nitrogen and oxygen atoms in total. The highest BCUT2D eigenvalue weighted by Crippen LogP contribution is 2.39. The molecular weight excluding hydrogens is 450 g/mol. The second kappa shape index (κ2) is 8.64. The van der Waals surface area contributed by atoms with E-state index in [0.29, 0.717) is 22.9 Å². The number of para-hydroxylation sites is 2. The number of hydrogen-bond donors (Lipinski definition) is 1. The van der Waals surface area contributed by atoms with Crippen LogP contribution in [0.1, 0.15) is 45.7 Å². The van der Waals surface area contributed by atoms with Crippen molar-refractivity contribution in [2.24, 2.45) is 0 Å². The van der Waals surface area contributed by atoms with E-state index in [1.807, 2.05) is 73.7 Å². The molecule has 0 bridgehead atoms. The highest BCUT2D eigenvalue weighted by molar-refractivity contribution is 6.26. The molecule has 0 aliphatic carbocycles. The van der Waals surface area contributed by atoms with Crippen molar-refractivity contribution < 1.29 is 14.4 Å². The van der Waals surface area contributed by atoms with Crippen molar-refractivity contribution in [3.8, 4) is 0 Å². The first-order chi connectivity index (χ1) is 17.5. The number of imide groups is 1. The zero-order valence-electron chi connectivity index (χ0n) is 19.8. The van der Waals surface area contributed by atoms with Gasteiger partial charge in [-0.25, -0.2) is 0 Å². The molecule has 178 valence electrons. The molecule has 4 aromatic rings. The van der Waals surface area contributed by atoms with Gasteiger partial charge in [0.25, 0.3) is 11.8 Å². The summed E-state index contributed by atoms with van der Waals surface area (Å²) in [6, 6.07) is 28.5. The van der Waals surface area contributed by atoms with Gasteiger partial charge in [-0.1, -0.05) is 60.7 Å². The lowest BCUT2D eigenvalue weighted by atomic mass is 9.91. The summed E-state index contributed by atoms with van der Waals surface area (Å²) in [6.45, 7) is 1.70. The van der Waals surface area contributed by atoms with Crippen LogP contribution in [0.15, 0.2) is 91.0 Å². The van der Waals surface area contributed by atoms with Crippen LogP contribution >= 0.6 is 0 Å². The van der Waals surface area contributed by atoms with Gasteiger partial charge in [0.05, 0.1) is 6.04 Å². The van der Waals surface area contributed by atoms with Crippen molar-refractivity contribution in [2.75, 3.05) is 16.8 Å². The molecule has 6 heteroatoms. The third kappa shape index (κ3) is 3.53. The van der Waals surface area contributed by atoms with Crippen LogP contribution in [-0.2, 0) is 4.79 Å². The minimum Gasteiger partial charge on any atom is -0.378 e. The van der Waals surface area contributed by atoms with Crippen LogP contribution in [-0.4, -0.2) is 35.2 Å². The van der Waals surface area contributed by atoms with Crippen molar-refractivity contribution in [3.63, 3.8) is 0 Å². The van der Waals surface area contributed by atoms with Crippen LogP contribution in [0.4, 0.5) is 11.4 Å². The molecule has 0 saturated carbocycles. The van der Waals surface area contributed by atoms with Crippen LogP contribution in [0, 0.1) is 0 Å². The first kappa shape index (κ1) is 22.0. The van der Waals surface area contributed by atoms with Crippen molar-refractivity contribution in [2.45, 2.75) is 25.4 Å². The van der Waals surface area contributed by atoms with Crippen molar-refractivity contribution in [3.05, 3.63) is 108 Å². The molecule has 4 aromatic carbocycles. The Morgan fingerprint density at radius 1 is 0.833 bits per heavy atom. The average Bonchev–Trinajstić information content (AvgIpc) is 2.90. The van der Waals surface area contributed by atoms with Crippen molar-refractivity contribution >= 4 is 39.9 Å². The monoisotopic (exact) mass is 475 g/mol. The average molecular weight is 476 g/mol. The van der Waals surface area contributed by atoms with E-state index in [9.17, 15) is 14.4 Å². The van der Waals surface area contributed by atoms with Gasteiger partial charge in [-0.2, -0.15) is 0 Å². The molecule has 2 heterocycles. The Bertz CT molecular complexity index is 1460. The molecule has 2 aliphatic heterocycles. The van der Waals surface area contributed by atoms with E-state index >= 15 is 0 Å². The molecule has 0 fully saturated rings. The number of fused-ring (bicyclic) bond motifs is 1. The number of nitrogens with one attached hydrogen (secondary N) is 1. The fourth-order valence-electron chi connectivity index (χ4n) is 5.50. The number of hydrogen-bond acceptors (Lipinski definition) is 4. The molecule has 6 rings (SSSR count). The third-order valence-electron chi connectivity index (χ3n) is 7.12. The van der Waals surface area contributed by atoms with Gasteiger partial charge in [-0.15, -0.1) is 0 Å². The van der Waals surface area contributed by atoms with E-state index in [2.05, 4.69) is 5.32 Å². The first-order valence-electron chi connectivity index (χ1n) is 12.1.